The molecule has 3 aromatic rings. The number of aromatic nitrogens is 5. The van der Waals surface area contributed by atoms with Gasteiger partial charge in [-0.3, -0.25) is 9.78 Å². The van der Waals surface area contributed by atoms with E-state index in [9.17, 15) is 4.79 Å². The average molecular weight is 451 g/mol. The van der Waals surface area contributed by atoms with E-state index in [-0.39, 0.29) is 18.7 Å². The van der Waals surface area contributed by atoms with Gasteiger partial charge in [0, 0.05) is 18.3 Å². The first-order chi connectivity index (χ1) is 15.1. The second kappa shape index (κ2) is 9.36. The molecule has 32 heavy (non-hydrogen) atoms. The molecule has 2 aliphatic rings. The van der Waals surface area contributed by atoms with Crippen LogP contribution in [0.15, 0.2) is 36.5 Å². The van der Waals surface area contributed by atoms with Gasteiger partial charge in [-0.15, -0.1) is 5.10 Å². The molecule has 0 unspecified atom stereocenters. The van der Waals surface area contributed by atoms with E-state index in [1.165, 1.54) is 44.9 Å². The van der Waals surface area contributed by atoms with Crippen LogP contribution in [0.25, 0.3) is 22.6 Å². The Balaban J connectivity index is 0.00000245. The van der Waals surface area contributed by atoms with E-state index in [0.717, 1.165) is 23.6 Å². The number of fused-ring (bicyclic) bond motifs is 2. The number of amides is 1. The Kier molecular flexibility index (Phi) is 6.55. The summed E-state index contributed by atoms with van der Waals surface area (Å²) in [4.78, 5) is 17.5. The molecule has 2 bridgehead atoms. The van der Waals surface area contributed by atoms with Crippen molar-refractivity contribution in [3.63, 3.8) is 0 Å². The molecule has 5 rings (SSSR count). The number of benzene rings is 1. The van der Waals surface area contributed by atoms with Crippen LogP contribution in [0.5, 0.6) is 0 Å². The summed E-state index contributed by atoms with van der Waals surface area (Å²) < 4.78 is 0. The molecular formula is C24H27ClN6O. The highest BCUT2D eigenvalue weighted by Crippen LogP contribution is 2.48. The zero-order valence-electron chi connectivity index (χ0n) is 18.0. The van der Waals surface area contributed by atoms with Gasteiger partial charge in [0.2, 0.25) is 0 Å². The lowest BCUT2D eigenvalue weighted by Crippen LogP contribution is -2.43. The quantitative estimate of drug-likeness (QED) is 0.570. The fraction of sp³-hybridized carbons (Fsp3) is 0.417. The predicted molar refractivity (Wildman–Crippen MR) is 124 cm³/mol. The maximum Gasteiger partial charge on any atom is 0.252 e. The van der Waals surface area contributed by atoms with E-state index >= 15 is 0 Å². The van der Waals surface area contributed by atoms with E-state index < -0.39 is 0 Å². The summed E-state index contributed by atoms with van der Waals surface area (Å²) in [7, 11) is 0. The van der Waals surface area contributed by atoms with Crippen molar-refractivity contribution in [3.8, 4) is 22.6 Å². The number of carbonyl (C=O) groups is 1. The van der Waals surface area contributed by atoms with Gasteiger partial charge in [0.1, 0.15) is 5.69 Å². The molecule has 7 nitrogen and oxygen atoms in total. The van der Waals surface area contributed by atoms with Crippen molar-refractivity contribution in [3.05, 3.63) is 54.5 Å². The second-order valence-electron chi connectivity index (χ2n) is 8.88. The lowest BCUT2D eigenvalue weighted by Gasteiger charge is -2.45. The van der Waals surface area contributed by atoms with E-state index in [1.807, 2.05) is 24.3 Å². The number of tetrazole rings is 1. The van der Waals surface area contributed by atoms with Gasteiger partial charge >= 0.3 is 0 Å². The summed E-state index contributed by atoms with van der Waals surface area (Å²) in [6, 6.07) is 9.24. The molecule has 2 N–H and O–H groups in total. The normalized spacial score (nSPS) is 22.1. The number of hydrogen-bond acceptors (Lipinski definition) is 5. The van der Waals surface area contributed by atoms with Crippen molar-refractivity contribution in [2.75, 3.05) is 6.54 Å². The van der Waals surface area contributed by atoms with Gasteiger partial charge in [0.25, 0.3) is 5.91 Å². The number of nitrogens with zero attached hydrogens (tertiary/aromatic N) is 4. The van der Waals surface area contributed by atoms with Crippen LogP contribution in [0.2, 0.25) is 5.02 Å². The zero-order chi connectivity index (χ0) is 21.3. The minimum Gasteiger partial charge on any atom is -0.351 e. The first-order valence-corrected chi connectivity index (χ1v) is 11.3. The molecule has 2 heterocycles. The molecule has 2 radical (unpaired) electrons. The minimum absolute atomic E-state index is 0. The molecule has 0 saturated heterocycles. The Hall–Kier alpha value is -2.80. The topological polar surface area (TPSA) is 96.5 Å². The summed E-state index contributed by atoms with van der Waals surface area (Å²) in [6.45, 7) is 0.727. The van der Waals surface area contributed by atoms with E-state index in [2.05, 4.69) is 30.9 Å². The molecule has 2 saturated carbocycles. The van der Waals surface area contributed by atoms with Crippen molar-refractivity contribution >= 4 is 17.5 Å². The number of rotatable bonds is 5. The SMILES string of the molecule is O=C(NCC12CCCC(CCC1)C2)c1cc(-c2cccnc2-c2nnn[nH]2)ccc1Cl.[CH2]. The van der Waals surface area contributed by atoms with Crippen molar-refractivity contribution in [2.24, 2.45) is 11.3 Å². The number of carbonyl (C=O) groups excluding carboxylic acids is 1. The summed E-state index contributed by atoms with van der Waals surface area (Å²) in [5, 5.41) is 17.6. The van der Waals surface area contributed by atoms with E-state index in [1.54, 1.807) is 12.3 Å². The highest BCUT2D eigenvalue weighted by atomic mass is 35.5. The standard InChI is InChI=1S/C23H25ClN6O.CH2/c24-19-8-7-16(17-6-3-11-25-20(17)21-27-29-30-28-21)12-18(19)22(31)26-14-23-9-1-4-15(13-23)5-2-10-23;/h3,6-8,11-12,15H,1-2,4-5,9-10,13-14H2,(H,26,31)(H,27,28,29,30);1H2. The minimum atomic E-state index is -0.124. The Morgan fingerprint density at radius 1 is 1.22 bits per heavy atom. The smallest absolute Gasteiger partial charge is 0.252 e. The predicted octanol–water partition coefficient (Wildman–Crippen LogP) is 5.00. The lowest BCUT2D eigenvalue weighted by molar-refractivity contribution is 0.0682. The Bertz CT molecular complexity index is 1070. The van der Waals surface area contributed by atoms with Gasteiger partial charge < -0.3 is 5.32 Å². The number of nitrogens with one attached hydrogen (secondary N) is 2. The Labute approximate surface area is 193 Å². The molecule has 8 heteroatoms. The number of hydrogen-bond donors (Lipinski definition) is 2. The van der Waals surface area contributed by atoms with Crippen LogP contribution in [0.1, 0.15) is 55.3 Å². The average Bonchev–Trinajstić information content (AvgIpc) is 3.33. The van der Waals surface area contributed by atoms with Crippen LogP contribution >= 0.6 is 11.6 Å². The van der Waals surface area contributed by atoms with Crippen LogP contribution in [-0.4, -0.2) is 38.1 Å². The molecule has 2 fully saturated rings. The van der Waals surface area contributed by atoms with Crippen LogP contribution in [0.4, 0.5) is 0 Å². The first-order valence-electron chi connectivity index (χ1n) is 10.9. The highest BCUT2D eigenvalue weighted by Gasteiger charge is 2.39. The molecule has 1 amide bonds. The van der Waals surface area contributed by atoms with Gasteiger partial charge in [-0.2, -0.15) is 0 Å². The molecule has 2 aromatic heterocycles. The van der Waals surface area contributed by atoms with Crippen molar-refractivity contribution in [1.29, 1.82) is 0 Å². The van der Waals surface area contributed by atoms with Crippen LogP contribution in [-0.2, 0) is 0 Å². The summed E-state index contributed by atoms with van der Waals surface area (Å²) >= 11 is 6.43. The number of halogens is 1. The van der Waals surface area contributed by atoms with Gasteiger partial charge in [0.05, 0.1) is 10.6 Å². The van der Waals surface area contributed by atoms with Crippen molar-refractivity contribution in [2.45, 2.75) is 44.9 Å². The third-order valence-electron chi connectivity index (χ3n) is 6.88. The number of pyridine rings is 1. The lowest BCUT2D eigenvalue weighted by atomic mass is 9.62. The maximum absolute atomic E-state index is 13.1. The summed E-state index contributed by atoms with van der Waals surface area (Å²) in [5.74, 6) is 1.18. The van der Waals surface area contributed by atoms with Gasteiger partial charge in [-0.1, -0.05) is 56.8 Å². The number of aromatic amines is 1. The number of H-pyrrole nitrogens is 1. The van der Waals surface area contributed by atoms with E-state index in [4.69, 9.17) is 11.6 Å². The maximum atomic E-state index is 13.1. The molecular weight excluding hydrogens is 424 g/mol. The van der Waals surface area contributed by atoms with E-state index in [0.29, 0.717) is 22.1 Å². The first kappa shape index (κ1) is 22.4. The summed E-state index contributed by atoms with van der Waals surface area (Å²) in [5.41, 5.74) is 3.02. The largest absolute Gasteiger partial charge is 0.351 e. The van der Waals surface area contributed by atoms with Gasteiger partial charge in [0.15, 0.2) is 5.82 Å². The highest BCUT2D eigenvalue weighted by molar-refractivity contribution is 6.34. The van der Waals surface area contributed by atoms with Crippen LogP contribution < -0.4 is 5.32 Å². The fourth-order valence-corrected chi connectivity index (χ4v) is 5.59. The van der Waals surface area contributed by atoms with Gasteiger partial charge in [-0.25, -0.2) is 5.10 Å². The third kappa shape index (κ3) is 4.39. The molecule has 0 atom stereocenters. The van der Waals surface area contributed by atoms with Crippen LogP contribution in [0, 0.1) is 18.8 Å². The molecule has 0 aliphatic heterocycles. The monoisotopic (exact) mass is 450 g/mol. The fourth-order valence-electron chi connectivity index (χ4n) is 5.39. The molecule has 1 aromatic carbocycles. The Morgan fingerprint density at radius 2 is 2.03 bits per heavy atom. The van der Waals surface area contributed by atoms with Crippen molar-refractivity contribution < 1.29 is 4.79 Å². The molecule has 2 aliphatic carbocycles. The second-order valence-corrected chi connectivity index (χ2v) is 9.29. The van der Waals surface area contributed by atoms with Crippen molar-refractivity contribution in [1.82, 2.24) is 30.9 Å². The zero-order valence-corrected chi connectivity index (χ0v) is 18.7. The molecule has 166 valence electrons. The third-order valence-corrected chi connectivity index (χ3v) is 7.21. The summed E-state index contributed by atoms with van der Waals surface area (Å²) in [6.07, 6.45) is 10.6. The molecule has 0 spiro atoms. The van der Waals surface area contributed by atoms with Crippen LogP contribution in [0.3, 0.4) is 0 Å². The van der Waals surface area contributed by atoms with Gasteiger partial charge in [-0.05, 0) is 64.8 Å². The Morgan fingerprint density at radius 3 is 2.78 bits per heavy atom.